The van der Waals surface area contributed by atoms with Gasteiger partial charge in [0.2, 0.25) is 0 Å². The lowest BCUT2D eigenvalue weighted by Gasteiger charge is -2.28. The molecule has 0 amide bonds. The highest BCUT2D eigenvalue weighted by Crippen LogP contribution is 2.50. The lowest BCUT2D eigenvalue weighted by molar-refractivity contribution is 0.670. The first-order valence-corrected chi connectivity index (χ1v) is 12.3. The van der Waals surface area contributed by atoms with Crippen LogP contribution in [0.2, 0.25) is 0 Å². The van der Waals surface area contributed by atoms with Crippen molar-refractivity contribution in [3.63, 3.8) is 0 Å². The van der Waals surface area contributed by atoms with Crippen molar-refractivity contribution in [3.8, 4) is 11.3 Å². The Morgan fingerprint density at radius 2 is 1.57 bits per heavy atom. The van der Waals surface area contributed by atoms with Gasteiger partial charge in [0.25, 0.3) is 0 Å². The molecule has 0 aliphatic heterocycles. The van der Waals surface area contributed by atoms with E-state index in [0.29, 0.717) is 0 Å². The molecular weight excluding hydrogens is 362 g/mol. The number of fused-ring (bicyclic) bond motifs is 4. The average Bonchev–Trinajstić information content (AvgIpc) is 3.05. The number of nitrogens with zero attached hydrogens (tertiary/aromatic N) is 1. The molecule has 2 aromatic heterocycles. The Labute approximate surface area is 166 Å². The summed E-state index contributed by atoms with van der Waals surface area (Å²) < 4.78 is 6.26. The number of para-hydroxylation sites is 2. The summed E-state index contributed by atoms with van der Waals surface area (Å²) in [5, 5.41) is 3.56. The van der Waals surface area contributed by atoms with Crippen LogP contribution in [0.4, 0.5) is 0 Å². The molecule has 0 spiro atoms. The van der Waals surface area contributed by atoms with E-state index in [4.69, 9.17) is 9.40 Å². The summed E-state index contributed by atoms with van der Waals surface area (Å²) in [5.41, 5.74) is 6.19. The van der Waals surface area contributed by atoms with Crippen LogP contribution in [0.25, 0.3) is 44.1 Å². The standard InChI is InChI=1S/C25H23NOS/c1-16-12-13-21-20(14-16)24(28(2,3)4)15-22(26-21)19-10-7-9-18-17-8-5-6-11-23(17)27-25(18)19/h5-15H,1-4H3. The molecule has 28 heavy (non-hydrogen) atoms. The van der Waals surface area contributed by atoms with Crippen LogP contribution in [-0.2, 0) is 0 Å². The molecule has 0 saturated heterocycles. The van der Waals surface area contributed by atoms with E-state index in [1.807, 2.05) is 12.1 Å². The molecule has 5 aromatic rings. The molecule has 0 N–H and O–H groups in total. The van der Waals surface area contributed by atoms with Gasteiger partial charge in [-0.25, -0.2) is 15.0 Å². The van der Waals surface area contributed by atoms with Crippen LogP contribution in [-0.4, -0.2) is 23.8 Å². The number of aryl methyl sites for hydroxylation is 1. The van der Waals surface area contributed by atoms with E-state index in [1.54, 1.807) is 0 Å². The van der Waals surface area contributed by atoms with Gasteiger partial charge in [-0.2, -0.15) is 0 Å². The zero-order valence-electron chi connectivity index (χ0n) is 16.6. The Kier molecular flexibility index (Phi) is 3.78. The Morgan fingerprint density at radius 1 is 0.786 bits per heavy atom. The highest BCUT2D eigenvalue weighted by atomic mass is 32.3. The third kappa shape index (κ3) is 2.70. The minimum atomic E-state index is -0.925. The van der Waals surface area contributed by atoms with Crippen LogP contribution in [0.1, 0.15) is 5.56 Å². The van der Waals surface area contributed by atoms with Gasteiger partial charge in [0.05, 0.1) is 11.2 Å². The van der Waals surface area contributed by atoms with E-state index in [0.717, 1.165) is 38.7 Å². The number of benzene rings is 3. The van der Waals surface area contributed by atoms with E-state index < -0.39 is 10.0 Å². The van der Waals surface area contributed by atoms with Gasteiger partial charge in [-0.1, -0.05) is 42.0 Å². The van der Waals surface area contributed by atoms with Crippen molar-refractivity contribution in [1.29, 1.82) is 0 Å². The van der Waals surface area contributed by atoms with Gasteiger partial charge in [-0.3, -0.25) is 0 Å². The number of hydrogen-bond acceptors (Lipinski definition) is 2. The van der Waals surface area contributed by atoms with Gasteiger partial charge >= 0.3 is 0 Å². The lowest BCUT2D eigenvalue weighted by atomic mass is 10.0. The quantitative estimate of drug-likeness (QED) is 0.322. The first-order valence-electron chi connectivity index (χ1n) is 9.42. The third-order valence-corrected chi connectivity index (χ3v) is 6.92. The predicted molar refractivity (Wildman–Crippen MR) is 123 cm³/mol. The fourth-order valence-corrected chi connectivity index (χ4v) is 5.19. The van der Waals surface area contributed by atoms with Crippen molar-refractivity contribution < 1.29 is 4.42 Å². The molecule has 0 saturated carbocycles. The van der Waals surface area contributed by atoms with Crippen molar-refractivity contribution in [2.45, 2.75) is 11.8 Å². The molecule has 0 atom stereocenters. The first-order chi connectivity index (χ1) is 13.4. The SMILES string of the molecule is Cc1ccc2nc(-c3cccc4c3oc3ccccc34)cc(S(C)(C)C)c2c1. The van der Waals surface area contributed by atoms with Crippen LogP contribution in [0.15, 0.2) is 76.0 Å². The fourth-order valence-electron chi connectivity index (χ4n) is 3.90. The maximum Gasteiger partial charge on any atom is 0.144 e. The number of hydrogen-bond donors (Lipinski definition) is 0. The highest BCUT2D eigenvalue weighted by Gasteiger charge is 2.18. The van der Waals surface area contributed by atoms with Crippen molar-refractivity contribution in [2.24, 2.45) is 0 Å². The summed E-state index contributed by atoms with van der Waals surface area (Å²) in [7, 11) is -0.925. The van der Waals surface area contributed by atoms with E-state index in [9.17, 15) is 0 Å². The largest absolute Gasteiger partial charge is 0.455 e. The van der Waals surface area contributed by atoms with Gasteiger partial charge in [0.15, 0.2) is 0 Å². The minimum Gasteiger partial charge on any atom is -0.455 e. The fraction of sp³-hybridized carbons (Fsp3) is 0.160. The molecule has 2 heterocycles. The molecule has 0 unspecified atom stereocenters. The molecule has 2 nitrogen and oxygen atoms in total. The minimum absolute atomic E-state index is 0.914. The zero-order chi connectivity index (χ0) is 19.5. The molecule has 0 aliphatic rings. The van der Waals surface area contributed by atoms with Crippen molar-refractivity contribution in [3.05, 3.63) is 72.3 Å². The van der Waals surface area contributed by atoms with Crippen LogP contribution in [0.3, 0.4) is 0 Å². The smallest absolute Gasteiger partial charge is 0.144 e. The molecule has 0 radical (unpaired) electrons. The summed E-state index contributed by atoms with van der Waals surface area (Å²) in [4.78, 5) is 6.43. The number of pyridine rings is 1. The first kappa shape index (κ1) is 17.3. The second-order valence-corrected chi connectivity index (χ2v) is 12.3. The Hall–Kier alpha value is -2.78. The average molecular weight is 386 g/mol. The predicted octanol–water partition coefficient (Wildman–Crippen LogP) is 7.16. The number of furan rings is 1. The molecule has 0 aliphatic carbocycles. The molecule has 140 valence electrons. The second-order valence-electron chi connectivity index (χ2n) is 8.14. The summed E-state index contributed by atoms with van der Waals surface area (Å²) in [5.74, 6) is 0. The lowest BCUT2D eigenvalue weighted by Crippen LogP contribution is -1.98. The molecule has 0 fully saturated rings. The van der Waals surface area contributed by atoms with Gasteiger partial charge in [0, 0.05) is 26.6 Å². The highest BCUT2D eigenvalue weighted by molar-refractivity contribution is 8.32. The van der Waals surface area contributed by atoms with Crippen LogP contribution in [0.5, 0.6) is 0 Å². The van der Waals surface area contributed by atoms with E-state index >= 15 is 0 Å². The summed E-state index contributed by atoms with van der Waals surface area (Å²) in [6.45, 7) is 2.14. The van der Waals surface area contributed by atoms with E-state index in [2.05, 4.69) is 80.3 Å². The van der Waals surface area contributed by atoms with Crippen molar-refractivity contribution in [1.82, 2.24) is 4.98 Å². The van der Waals surface area contributed by atoms with E-state index in [1.165, 1.54) is 15.8 Å². The van der Waals surface area contributed by atoms with Crippen LogP contribution >= 0.6 is 10.0 Å². The molecule has 3 heteroatoms. The van der Waals surface area contributed by atoms with Gasteiger partial charge in [-0.05, 0) is 56.0 Å². The van der Waals surface area contributed by atoms with E-state index in [-0.39, 0.29) is 0 Å². The van der Waals surface area contributed by atoms with Crippen molar-refractivity contribution in [2.75, 3.05) is 18.8 Å². The Bertz CT molecular complexity index is 1360. The Balaban J connectivity index is 1.86. The molecule has 5 rings (SSSR count). The summed E-state index contributed by atoms with van der Waals surface area (Å²) >= 11 is 0. The van der Waals surface area contributed by atoms with Gasteiger partial charge in [-0.15, -0.1) is 0 Å². The summed E-state index contributed by atoms with van der Waals surface area (Å²) in [6.07, 6.45) is 7.03. The summed E-state index contributed by atoms with van der Waals surface area (Å²) in [6, 6.07) is 23.4. The monoisotopic (exact) mass is 385 g/mol. The normalized spacial score (nSPS) is 12.9. The van der Waals surface area contributed by atoms with Crippen LogP contribution < -0.4 is 0 Å². The molecule has 3 aromatic carbocycles. The number of aromatic nitrogens is 1. The maximum absolute atomic E-state index is 6.26. The number of rotatable bonds is 2. The van der Waals surface area contributed by atoms with Gasteiger partial charge in [0.1, 0.15) is 11.2 Å². The molecular formula is C25H23NOS. The maximum atomic E-state index is 6.26. The second kappa shape index (κ2) is 6.11. The molecule has 0 bridgehead atoms. The third-order valence-electron chi connectivity index (χ3n) is 5.27. The zero-order valence-corrected chi connectivity index (χ0v) is 17.4. The Morgan fingerprint density at radius 3 is 2.39 bits per heavy atom. The van der Waals surface area contributed by atoms with Crippen molar-refractivity contribution >= 4 is 42.9 Å². The van der Waals surface area contributed by atoms with Crippen LogP contribution in [0, 0.1) is 6.92 Å². The topological polar surface area (TPSA) is 26.0 Å². The van der Waals surface area contributed by atoms with Gasteiger partial charge < -0.3 is 4.42 Å².